The van der Waals surface area contributed by atoms with Gasteiger partial charge in [0.15, 0.2) is 0 Å². The molecule has 1 amide bonds. The number of amides is 1. The monoisotopic (exact) mass is 271 g/mol. The molecule has 0 aliphatic rings. The zero-order chi connectivity index (χ0) is 14.7. The molecule has 0 radical (unpaired) electrons. The van der Waals surface area contributed by atoms with Gasteiger partial charge in [-0.05, 0) is 36.8 Å². The van der Waals surface area contributed by atoms with Crippen LogP contribution in [-0.2, 0) is 0 Å². The quantitative estimate of drug-likeness (QED) is 0.509. The number of nitro groups is 1. The van der Waals surface area contributed by atoms with Crippen LogP contribution in [0.25, 0.3) is 0 Å². The first kappa shape index (κ1) is 13.5. The standard InChI is InChI=1S/C14H13N3O3/c1-9-3-2-4-12(17(19)20)13(9)14(18)16-11-7-5-10(15)6-8-11/h2-8H,15H2,1H3,(H,16,18). The van der Waals surface area contributed by atoms with Crippen molar-refractivity contribution in [3.8, 4) is 0 Å². The number of rotatable bonds is 3. The molecule has 0 aromatic heterocycles. The average molecular weight is 271 g/mol. The lowest BCUT2D eigenvalue weighted by Gasteiger charge is -2.08. The number of aryl methyl sites for hydroxylation is 1. The smallest absolute Gasteiger partial charge is 0.282 e. The lowest BCUT2D eigenvalue weighted by molar-refractivity contribution is -0.385. The summed E-state index contributed by atoms with van der Waals surface area (Å²) in [4.78, 5) is 22.6. The van der Waals surface area contributed by atoms with Gasteiger partial charge in [-0.2, -0.15) is 0 Å². The van der Waals surface area contributed by atoms with Crippen molar-refractivity contribution in [3.63, 3.8) is 0 Å². The molecule has 102 valence electrons. The van der Waals surface area contributed by atoms with Crippen LogP contribution in [0, 0.1) is 17.0 Å². The Balaban J connectivity index is 2.34. The highest BCUT2D eigenvalue weighted by atomic mass is 16.6. The fraction of sp³-hybridized carbons (Fsp3) is 0.0714. The normalized spacial score (nSPS) is 10.1. The second-order valence-corrected chi connectivity index (χ2v) is 4.30. The van der Waals surface area contributed by atoms with Gasteiger partial charge in [-0.15, -0.1) is 0 Å². The summed E-state index contributed by atoms with van der Waals surface area (Å²) in [7, 11) is 0. The highest BCUT2D eigenvalue weighted by Crippen LogP contribution is 2.23. The molecule has 2 aromatic rings. The summed E-state index contributed by atoms with van der Waals surface area (Å²) >= 11 is 0. The first-order valence-corrected chi connectivity index (χ1v) is 5.90. The van der Waals surface area contributed by atoms with Crippen LogP contribution < -0.4 is 11.1 Å². The zero-order valence-corrected chi connectivity index (χ0v) is 10.8. The largest absolute Gasteiger partial charge is 0.399 e. The van der Waals surface area contributed by atoms with E-state index in [2.05, 4.69) is 5.32 Å². The molecule has 0 saturated carbocycles. The van der Waals surface area contributed by atoms with Gasteiger partial charge < -0.3 is 11.1 Å². The number of nitrogens with two attached hydrogens (primary N) is 1. The number of hydrogen-bond acceptors (Lipinski definition) is 4. The summed E-state index contributed by atoms with van der Waals surface area (Å²) in [6.45, 7) is 1.66. The van der Waals surface area contributed by atoms with E-state index < -0.39 is 10.8 Å². The van der Waals surface area contributed by atoms with Crippen LogP contribution in [-0.4, -0.2) is 10.8 Å². The van der Waals surface area contributed by atoms with Gasteiger partial charge >= 0.3 is 0 Å². The Morgan fingerprint density at radius 1 is 1.20 bits per heavy atom. The van der Waals surface area contributed by atoms with Gasteiger partial charge in [-0.25, -0.2) is 0 Å². The summed E-state index contributed by atoms with van der Waals surface area (Å²) in [6, 6.07) is 11.1. The van der Waals surface area contributed by atoms with Crippen molar-refractivity contribution < 1.29 is 9.72 Å². The predicted octanol–water partition coefficient (Wildman–Crippen LogP) is 2.74. The second-order valence-electron chi connectivity index (χ2n) is 4.30. The van der Waals surface area contributed by atoms with E-state index in [-0.39, 0.29) is 11.3 Å². The van der Waals surface area contributed by atoms with Crippen molar-refractivity contribution in [1.29, 1.82) is 0 Å². The minimum Gasteiger partial charge on any atom is -0.399 e. The zero-order valence-electron chi connectivity index (χ0n) is 10.8. The van der Waals surface area contributed by atoms with Crippen molar-refractivity contribution >= 4 is 23.0 Å². The van der Waals surface area contributed by atoms with Crippen molar-refractivity contribution in [2.45, 2.75) is 6.92 Å². The molecular weight excluding hydrogens is 258 g/mol. The Labute approximate surface area is 115 Å². The molecular formula is C14H13N3O3. The first-order chi connectivity index (χ1) is 9.49. The fourth-order valence-electron chi connectivity index (χ4n) is 1.86. The van der Waals surface area contributed by atoms with Crippen molar-refractivity contribution in [2.24, 2.45) is 0 Å². The van der Waals surface area contributed by atoms with Gasteiger partial charge in [0.1, 0.15) is 5.56 Å². The number of hydrogen-bond donors (Lipinski definition) is 2. The van der Waals surface area contributed by atoms with Crippen molar-refractivity contribution in [3.05, 3.63) is 63.7 Å². The SMILES string of the molecule is Cc1cccc([N+](=O)[O-])c1C(=O)Nc1ccc(N)cc1. The van der Waals surface area contributed by atoms with Gasteiger partial charge in [-0.3, -0.25) is 14.9 Å². The number of carbonyl (C=O) groups excluding carboxylic acids is 1. The molecule has 2 aromatic carbocycles. The highest BCUT2D eigenvalue weighted by molar-refractivity contribution is 6.08. The Bertz CT molecular complexity index is 666. The van der Waals surface area contributed by atoms with Gasteiger partial charge in [0.05, 0.1) is 4.92 Å². The molecule has 0 spiro atoms. The number of carbonyl (C=O) groups is 1. The van der Waals surface area contributed by atoms with Crippen LogP contribution in [0.1, 0.15) is 15.9 Å². The summed E-state index contributed by atoms with van der Waals surface area (Å²) in [5, 5.41) is 13.6. The number of benzene rings is 2. The van der Waals surface area contributed by atoms with Gasteiger partial charge in [0.25, 0.3) is 11.6 Å². The average Bonchev–Trinajstić information content (AvgIpc) is 2.40. The van der Waals surface area contributed by atoms with Crippen molar-refractivity contribution in [2.75, 3.05) is 11.1 Å². The van der Waals surface area contributed by atoms with E-state index in [1.807, 2.05) is 0 Å². The molecule has 6 nitrogen and oxygen atoms in total. The van der Waals surface area contributed by atoms with Crippen LogP contribution >= 0.6 is 0 Å². The third-order valence-electron chi connectivity index (χ3n) is 2.84. The Kier molecular flexibility index (Phi) is 3.65. The minimum atomic E-state index is -0.565. The first-order valence-electron chi connectivity index (χ1n) is 5.90. The van der Waals surface area contributed by atoms with Crippen LogP contribution in [0.15, 0.2) is 42.5 Å². The Hall–Kier alpha value is -2.89. The van der Waals surface area contributed by atoms with Crippen LogP contribution in [0.5, 0.6) is 0 Å². The Morgan fingerprint density at radius 2 is 1.85 bits per heavy atom. The molecule has 0 aliphatic heterocycles. The van der Waals surface area contributed by atoms with E-state index in [4.69, 9.17) is 5.73 Å². The molecule has 0 bridgehead atoms. The Morgan fingerprint density at radius 3 is 2.45 bits per heavy atom. The number of nitrogen functional groups attached to an aromatic ring is 1. The number of nitro benzene ring substituents is 1. The number of anilines is 2. The van der Waals surface area contributed by atoms with E-state index in [1.165, 1.54) is 6.07 Å². The summed E-state index contributed by atoms with van der Waals surface area (Å²) in [5.41, 5.74) is 7.06. The third kappa shape index (κ3) is 2.74. The topological polar surface area (TPSA) is 98.3 Å². The van der Waals surface area contributed by atoms with E-state index in [0.717, 1.165) is 0 Å². The maximum atomic E-state index is 12.2. The van der Waals surface area contributed by atoms with Gasteiger partial charge in [0, 0.05) is 17.4 Å². The lowest BCUT2D eigenvalue weighted by atomic mass is 10.1. The second kappa shape index (κ2) is 5.40. The molecule has 0 heterocycles. The fourth-order valence-corrected chi connectivity index (χ4v) is 1.86. The van der Waals surface area contributed by atoms with Crippen LogP contribution in [0.4, 0.5) is 17.1 Å². The summed E-state index contributed by atoms with van der Waals surface area (Å²) in [5.74, 6) is -0.514. The molecule has 0 aliphatic carbocycles. The maximum Gasteiger partial charge on any atom is 0.282 e. The van der Waals surface area contributed by atoms with E-state index in [0.29, 0.717) is 16.9 Å². The maximum absolute atomic E-state index is 12.2. The number of nitrogens with one attached hydrogen (secondary N) is 1. The minimum absolute atomic E-state index is 0.0642. The van der Waals surface area contributed by atoms with Crippen molar-refractivity contribution in [1.82, 2.24) is 0 Å². The highest BCUT2D eigenvalue weighted by Gasteiger charge is 2.22. The number of nitrogens with zero attached hydrogens (tertiary/aromatic N) is 1. The molecule has 2 rings (SSSR count). The molecule has 0 fully saturated rings. The van der Waals surface area contributed by atoms with Crippen LogP contribution in [0.3, 0.4) is 0 Å². The molecule has 0 unspecified atom stereocenters. The van der Waals surface area contributed by atoms with Gasteiger partial charge in [-0.1, -0.05) is 12.1 Å². The van der Waals surface area contributed by atoms with E-state index in [1.54, 1.807) is 43.3 Å². The molecule has 6 heteroatoms. The molecule has 0 saturated heterocycles. The molecule has 0 atom stereocenters. The third-order valence-corrected chi connectivity index (χ3v) is 2.84. The van der Waals surface area contributed by atoms with E-state index in [9.17, 15) is 14.9 Å². The predicted molar refractivity (Wildman–Crippen MR) is 76.6 cm³/mol. The van der Waals surface area contributed by atoms with Crippen LogP contribution in [0.2, 0.25) is 0 Å². The summed E-state index contributed by atoms with van der Waals surface area (Å²) in [6.07, 6.45) is 0. The van der Waals surface area contributed by atoms with E-state index >= 15 is 0 Å². The molecule has 20 heavy (non-hydrogen) atoms. The molecule has 3 N–H and O–H groups in total. The van der Waals surface area contributed by atoms with Gasteiger partial charge in [0.2, 0.25) is 0 Å². The lowest BCUT2D eigenvalue weighted by Crippen LogP contribution is -2.15. The summed E-state index contributed by atoms with van der Waals surface area (Å²) < 4.78 is 0.